The van der Waals surface area contributed by atoms with Gasteiger partial charge < -0.3 is 15.4 Å². The molecule has 1 unspecified atom stereocenters. The van der Waals surface area contributed by atoms with Crippen molar-refractivity contribution in [1.82, 2.24) is 5.32 Å². The first kappa shape index (κ1) is 14.4. The maximum Gasteiger partial charge on any atom is 0.171 e. The smallest absolute Gasteiger partial charge is 0.171 e. The lowest BCUT2D eigenvalue weighted by atomic mass is 10.2. The van der Waals surface area contributed by atoms with Gasteiger partial charge in [0.25, 0.3) is 0 Å². The van der Waals surface area contributed by atoms with Crippen molar-refractivity contribution in [1.29, 1.82) is 5.26 Å². The van der Waals surface area contributed by atoms with Gasteiger partial charge in [0, 0.05) is 18.8 Å². The van der Waals surface area contributed by atoms with Gasteiger partial charge in [0.05, 0.1) is 12.2 Å². The van der Waals surface area contributed by atoms with Crippen molar-refractivity contribution in [2.45, 2.75) is 13.0 Å². The van der Waals surface area contributed by atoms with Gasteiger partial charge in [0.2, 0.25) is 0 Å². The Balaban J connectivity index is 2.62. The summed E-state index contributed by atoms with van der Waals surface area (Å²) in [6, 6.07) is 5.98. The molecule has 2 N–H and O–H groups in total. The monoisotopic (exact) mass is 267 g/mol. The number of nitriles is 1. The van der Waals surface area contributed by atoms with E-state index in [9.17, 15) is 4.39 Å². The van der Waals surface area contributed by atoms with Crippen LogP contribution in [0.5, 0.6) is 0 Å². The zero-order chi connectivity index (χ0) is 13.5. The van der Waals surface area contributed by atoms with E-state index < -0.39 is 5.82 Å². The molecular formula is C12H14FN3OS. The van der Waals surface area contributed by atoms with Crippen LogP contribution in [-0.4, -0.2) is 24.9 Å². The normalized spacial score (nSPS) is 11.4. The number of hydrogen-bond acceptors (Lipinski definition) is 3. The number of benzene rings is 1. The number of rotatable bonds is 4. The molecule has 96 valence electrons. The zero-order valence-electron chi connectivity index (χ0n) is 10.2. The van der Waals surface area contributed by atoms with Crippen LogP contribution in [0.2, 0.25) is 0 Å². The van der Waals surface area contributed by atoms with Gasteiger partial charge >= 0.3 is 0 Å². The van der Waals surface area contributed by atoms with Crippen molar-refractivity contribution in [3.8, 4) is 6.07 Å². The van der Waals surface area contributed by atoms with Gasteiger partial charge in [-0.1, -0.05) is 0 Å². The van der Waals surface area contributed by atoms with Crippen LogP contribution < -0.4 is 10.6 Å². The van der Waals surface area contributed by atoms with Crippen LogP contribution in [0.3, 0.4) is 0 Å². The largest absolute Gasteiger partial charge is 0.383 e. The molecule has 1 aromatic carbocycles. The Labute approximate surface area is 111 Å². The number of nitrogens with one attached hydrogen (secondary N) is 2. The molecule has 0 amide bonds. The first-order valence-corrected chi connectivity index (χ1v) is 5.73. The van der Waals surface area contributed by atoms with E-state index in [1.54, 1.807) is 13.2 Å². The molecule has 0 fully saturated rings. The molecule has 0 saturated carbocycles. The number of thiocarbonyl (C=S) groups is 1. The highest BCUT2D eigenvalue weighted by atomic mass is 32.1. The molecule has 0 aliphatic carbocycles. The molecule has 18 heavy (non-hydrogen) atoms. The molecule has 1 atom stereocenters. The standard InChI is InChI=1S/C12H14FN3OS/c1-8(7-17-2)15-12(18)16-10-3-4-11(13)9(5-10)6-14/h3-5,8H,7H2,1-2H3,(H2,15,16,18). The molecule has 0 heterocycles. The second kappa shape index (κ2) is 6.89. The summed E-state index contributed by atoms with van der Waals surface area (Å²) in [5.41, 5.74) is 0.544. The van der Waals surface area contributed by atoms with Gasteiger partial charge in [-0.15, -0.1) is 0 Å². The molecule has 6 heteroatoms. The molecule has 0 saturated heterocycles. The fourth-order valence-corrected chi connectivity index (χ4v) is 1.69. The Kier molecular flexibility index (Phi) is 5.49. The van der Waals surface area contributed by atoms with E-state index in [2.05, 4.69) is 10.6 Å². The van der Waals surface area contributed by atoms with Gasteiger partial charge in [0.15, 0.2) is 5.11 Å². The Morgan fingerprint density at radius 1 is 1.61 bits per heavy atom. The van der Waals surface area contributed by atoms with Gasteiger partial charge in [-0.25, -0.2) is 4.39 Å². The Bertz CT molecular complexity index is 473. The molecule has 0 aliphatic rings. The van der Waals surface area contributed by atoms with Crippen molar-refractivity contribution in [2.24, 2.45) is 0 Å². The predicted molar refractivity (Wildman–Crippen MR) is 71.8 cm³/mol. The van der Waals surface area contributed by atoms with Gasteiger partial charge in [-0.05, 0) is 37.3 Å². The van der Waals surface area contributed by atoms with Crippen LogP contribution in [0, 0.1) is 17.1 Å². The molecule has 1 aromatic rings. The molecule has 0 bridgehead atoms. The third-order valence-corrected chi connectivity index (χ3v) is 2.36. The fourth-order valence-electron chi connectivity index (χ4n) is 1.37. The number of anilines is 1. The highest BCUT2D eigenvalue weighted by Crippen LogP contribution is 2.13. The molecule has 1 rings (SSSR count). The Morgan fingerprint density at radius 2 is 2.33 bits per heavy atom. The van der Waals surface area contributed by atoms with E-state index in [4.69, 9.17) is 22.2 Å². The van der Waals surface area contributed by atoms with Crippen molar-refractivity contribution in [2.75, 3.05) is 19.0 Å². The number of ether oxygens (including phenoxy) is 1. The summed E-state index contributed by atoms with van der Waals surface area (Å²) in [5, 5.41) is 15.0. The maximum atomic E-state index is 13.1. The third kappa shape index (κ3) is 4.28. The van der Waals surface area contributed by atoms with Crippen LogP contribution >= 0.6 is 12.2 Å². The highest BCUT2D eigenvalue weighted by molar-refractivity contribution is 7.80. The van der Waals surface area contributed by atoms with Gasteiger partial charge in [-0.3, -0.25) is 0 Å². The van der Waals surface area contributed by atoms with E-state index in [0.29, 0.717) is 17.4 Å². The SMILES string of the molecule is COCC(C)NC(=S)Nc1ccc(F)c(C#N)c1. The van der Waals surface area contributed by atoms with E-state index >= 15 is 0 Å². The van der Waals surface area contributed by atoms with Gasteiger partial charge in [-0.2, -0.15) is 5.26 Å². The van der Waals surface area contributed by atoms with Crippen LogP contribution in [0.15, 0.2) is 18.2 Å². The molecule has 0 spiro atoms. The topological polar surface area (TPSA) is 57.1 Å². The summed E-state index contributed by atoms with van der Waals surface area (Å²) in [7, 11) is 1.60. The molecule has 0 aliphatic heterocycles. The molecular weight excluding hydrogens is 253 g/mol. The van der Waals surface area contributed by atoms with Crippen LogP contribution in [0.4, 0.5) is 10.1 Å². The summed E-state index contributed by atoms with van der Waals surface area (Å²) < 4.78 is 18.1. The average molecular weight is 267 g/mol. The first-order valence-electron chi connectivity index (χ1n) is 5.33. The van der Waals surface area contributed by atoms with E-state index in [1.165, 1.54) is 18.2 Å². The lowest BCUT2D eigenvalue weighted by Gasteiger charge is -2.16. The Hall–Kier alpha value is -1.71. The predicted octanol–water partition coefficient (Wildman–Crippen LogP) is 2.02. The molecule has 4 nitrogen and oxygen atoms in total. The minimum atomic E-state index is -0.547. The number of hydrogen-bond donors (Lipinski definition) is 2. The first-order chi connectivity index (χ1) is 8.56. The van der Waals surface area contributed by atoms with E-state index in [0.717, 1.165) is 0 Å². The number of nitrogens with zero attached hydrogens (tertiary/aromatic N) is 1. The van der Waals surface area contributed by atoms with Crippen molar-refractivity contribution >= 4 is 23.0 Å². The number of halogens is 1. The minimum absolute atomic E-state index is 0.0206. The summed E-state index contributed by atoms with van der Waals surface area (Å²) in [6.45, 7) is 2.44. The fraction of sp³-hybridized carbons (Fsp3) is 0.333. The Morgan fingerprint density at radius 3 is 2.94 bits per heavy atom. The lowest BCUT2D eigenvalue weighted by molar-refractivity contribution is 0.179. The number of methoxy groups -OCH3 is 1. The average Bonchev–Trinajstić information content (AvgIpc) is 2.31. The van der Waals surface area contributed by atoms with Crippen LogP contribution in [0.25, 0.3) is 0 Å². The van der Waals surface area contributed by atoms with Gasteiger partial charge in [0.1, 0.15) is 11.9 Å². The van der Waals surface area contributed by atoms with E-state index in [-0.39, 0.29) is 11.6 Å². The molecule has 0 aromatic heterocycles. The summed E-state index contributed by atoms with van der Waals surface area (Å²) in [6.07, 6.45) is 0. The quantitative estimate of drug-likeness (QED) is 0.817. The summed E-state index contributed by atoms with van der Waals surface area (Å²) in [5.74, 6) is -0.547. The van der Waals surface area contributed by atoms with Crippen LogP contribution in [-0.2, 0) is 4.74 Å². The summed E-state index contributed by atoms with van der Waals surface area (Å²) >= 11 is 5.08. The van der Waals surface area contributed by atoms with Crippen LogP contribution in [0.1, 0.15) is 12.5 Å². The van der Waals surface area contributed by atoms with Crippen molar-refractivity contribution in [3.05, 3.63) is 29.6 Å². The van der Waals surface area contributed by atoms with E-state index in [1.807, 2.05) is 6.92 Å². The summed E-state index contributed by atoms with van der Waals surface area (Å²) in [4.78, 5) is 0. The second-order valence-electron chi connectivity index (χ2n) is 3.76. The van der Waals surface area contributed by atoms with Crippen molar-refractivity contribution < 1.29 is 9.13 Å². The highest BCUT2D eigenvalue weighted by Gasteiger charge is 2.06. The second-order valence-corrected chi connectivity index (χ2v) is 4.17. The zero-order valence-corrected chi connectivity index (χ0v) is 11.0. The maximum absolute atomic E-state index is 13.1. The third-order valence-electron chi connectivity index (χ3n) is 2.14. The lowest BCUT2D eigenvalue weighted by Crippen LogP contribution is -2.38. The van der Waals surface area contributed by atoms with Crippen molar-refractivity contribution in [3.63, 3.8) is 0 Å². The minimum Gasteiger partial charge on any atom is -0.383 e. The molecule has 0 radical (unpaired) electrons.